The smallest absolute Gasteiger partial charge is 0.251 e. The van der Waals surface area contributed by atoms with Crippen molar-refractivity contribution in [2.45, 2.75) is 25.8 Å². The van der Waals surface area contributed by atoms with Gasteiger partial charge in [0.15, 0.2) is 0 Å². The lowest BCUT2D eigenvalue weighted by atomic mass is 10.1. The van der Waals surface area contributed by atoms with E-state index in [4.69, 9.17) is 17.3 Å². The zero-order valence-electron chi connectivity index (χ0n) is 12.3. The molecule has 3 rings (SSSR count). The van der Waals surface area contributed by atoms with Crippen LogP contribution in [0.1, 0.15) is 28.8 Å². The third-order valence-corrected chi connectivity index (χ3v) is 3.92. The van der Waals surface area contributed by atoms with Crippen LogP contribution in [-0.2, 0) is 0 Å². The summed E-state index contributed by atoms with van der Waals surface area (Å²) in [6.45, 7) is 1.97. The van der Waals surface area contributed by atoms with Crippen LogP contribution in [0.3, 0.4) is 0 Å². The lowest BCUT2D eigenvalue weighted by Crippen LogP contribution is -2.25. The first-order valence-corrected chi connectivity index (χ1v) is 7.64. The van der Waals surface area contributed by atoms with Crippen molar-refractivity contribution in [3.63, 3.8) is 0 Å². The second-order valence-corrected chi connectivity index (χ2v) is 6.07. The van der Waals surface area contributed by atoms with E-state index < -0.39 is 0 Å². The molecule has 2 aromatic rings. The molecule has 0 unspecified atom stereocenters. The Labute approximate surface area is 134 Å². The summed E-state index contributed by atoms with van der Waals surface area (Å²) < 4.78 is 0. The van der Waals surface area contributed by atoms with Gasteiger partial charge in [-0.1, -0.05) is 11.6 Å². The van der Waals surface area contributed by atoms with Crippen LogP contribution >= 0.6 is 11.6 Å². The maximum atomic E-state index is 12.0. The Morgan fingerprint density at radius 2 is 1.91 bits per heavy atom. The van der Waals surface area contributed by atoms with Crippen LogP contribution in [0.15, 0.2) is 36.4 Å². The molecule has 0 spiro atoms. The number of nitrogens with two attached hydrogens (primary N) is 1. The van der Waals surface area contributed by atoms with Gasteiger partial charge in [0.05, 0.1) is 11.4 Å². The van der Waals surface area contributed by atoms with Gasteiger partial charge in [0.1, 0.15) is 0 Å². The van der Waals surface area contributed by atoms with E-state index in [9.17, 15) is 4.79 Å². The second kappa shape index (κ2) is 5.89. The third kappa shape index (κ3) is 3.34. The zero-order chi connectivity index (χ0) is 15.7. The van der Waals surface area contributed by atoms with Crippen molar-refractivity contribution in [3.05, 3.63) is 52.5 Å². The molecule has 5 heteroatoms. The molecule has 1 amide bonds. The number of hydrogen-bond donors (Lipinski definition) is 3. The topological polar surface area (TPSA) is 67.2 Å². The molecular weight excluding hydrogens is 298 g/mol. The molecule has 4 N–H and O–H groups in total. The van der Waals surface area contributed by atoms with Crippen LogP contribution in [0.2, 0.25) is 5.02 Å². The van der Waals surface area contributed by atoms with Gasteiger partial charge in [-0.3, -0.25) is 4.79 Å². The second-order valence-electron chi connectivity index (χ2n) is 5.63. The minimum atomic E-state index is -0.0663. The average molecular weight is 316 g/mol. The number of nitrogens with one attached hydrogen (secondary N) is 2. The van der Waals surface area contributed by atoms with Gasteiger partial charge < -0.3 is 16.4 Å². The minimum Gasteiger partial charge on any atom is -0.397 e. The summed E-state index contributed by atoms with van der Waals surface area (Å²) in [7, 11) is 0. The number of anilines is 3. The number of halogens is 1. The fourth-order valence-electron chi connectivity index (χ4n) is 2.23. The van der Waals surface area contributed by atoms with Gasteiger partial charge in [0.25, 0.3) is 5.91 Å². The Kier molecular flexibility index (Phi) is 3.94. The number of carbonyl (C=O) groups is 1. The molecule has 1 fully saturated rings. The number of amides is 1. The molecule has 0 aliphatic heterocycles. The van der Waals surface area contributed by atoms with Gasteiger partial charge in [0.2, 0.25) is 0 Å². The highest BCUT2D eigenvalue weighted by Crippen LogP contribution is 2.28. The third-order valence-electron chi connectivity index (χ3n) is 3.68. The van der Waals surface area contributed by atoms with E-state index >= 15 is 0 Å². The molecule has 1 aliphatic carbocycles. The van der Waals surface area contributed by atoms with Crippen molar-refractivity contribution in [3.8, 4) is 0 Å². The van der Waals surface area contributed by atoms with Crippen molar-refractivity contribution in [2.75, 3.05) is 11.1 Å². The summed E-state index contributed by atoms with van der Waals surface area (Å²) in [5.74, 6) is -0.0663. The Balaban J connectivity index is 1.78. The molecule has 0 saturated heterocycles. The van der Waals surface area contributed by atoms with Crippen molar-refractivity contribution in [1.82, 2.24) is 5.32 Å². The van der Waals surface area contributed by atoms with Crippen molar-refractivity contribution in [1.29, 1.82) is 0 Å². The Bertz CT molecular complexity index is 726. The predicted octanol–water partition coefficient (Wildman–Crippen LogP) is 3.87. The normalized spacial score (nSPS) is 13.7. The van der Waals surface area contributed by atoms with E-state index in [1.807, 2.05) is 31.2 Å². The first-order chi connectivity index (χ1) is 10.5. The first kappa shape index (κ1) is 14.7. The molecular formula is C17H18ClN3O. The SMILES string of the molecule is Cc1cc(Cl)ccc1Nc1ccc(C(=O)NC2CC2)cc1N. The van der Waals surface area contributed by atoms with Crippen molar-refractivity contribution in [2.24, 2.45) is 0 Å². The van der Waals surface area contributed by atoms with Gasteiger partial charge in [-0.15, -0.1) is 0 Å². The molecule has 1 aliphatic rings. The van der Waals surface area contributed by atoms with E-state index in [1.54, 1.807) is 12.1 Å². The number of aryl methyl sites for hydroxylation is 1. The molecule has 22 heavy (non-hydrogen) atoms. The molecule has 0 aromatic heterocycles. The van der Waals surface area contributed by atoms with E-state index in [1.165, 1.54) is 0 Å². The summed E-state index contributed by atoms with van der Waals surface area (Å²) >= 11 is 5.96. The van der Waals surface area contributed by atoms with E-state index in [-0.39, 0.29) is 5.91 Å². The lowest BCUT2D eigenvalue weighted by Gasteiger charge is -2.13. The molecule has 114 valence electrons. The highest BCUT2D eigenvalue weighted by Gasteiger charge is 2.23. The predicted molar refractivity (Wildman–Crippen MR) is 90.8 cm³/mol. The van der Waals surface area contributed by atoms with Gasteiger partial charge in [-0.25, -0.2) is 0 Å². The summed E-state index contributed by atoms with van der Waals surface area (Å²) in [6.07, 6.45) is 2.13. The van der Waals surface area contributed by atoms with Crippen LogP contribution in [0.4, 0.5) is 17.1 Å². The number of carbonyl (C=O) groups excluding carboxylic acids is 1. The molecule has 0 heterocycles. The summed E-state index contributed by atoms with van der Waals surface area (Å²) in [5.41, 5.74) is 9.93. The minimum absolute atomic E-state index is 0.0663. The number of hydrogen-bond acceptors (Lipinski definition) is 3. The monoisotopic (exact) mass is 315 g/mol. The van der Waals surface area contributed by atoms with Gasteiger partial charge in [0, 0.05) is 22.3 Å². The van der Waals surface area contributed by atoms with Gasteiger partial charge in [-0.2, -0.15) is 0 Å². The maximum Gasteiger partial charge on any atom is 0.251 e. The Morgan fingerprint density at radius 1 is 1.18 bits per heavy atom. The lowest BCUT2D eigenvalue weighted by molar-refractivity contribution is 0.0951. The molecule has 0 atom stereocenters. The summed E-state index contributed by atoms with van der Waals surface area (Å²) in [5, 5.41) is 6.92. The highest BCUT2D eigenvalue weighted by atomic mass is 35.5. The molecule has 1 saturated carbocycles. The van der Waals surface area contributed by atoms with Crippen LogP contribution in [0, 0.1) is 6.92 Å². The van der Waals surface area contributed by atoms with E-state index in [0.29, 0.717) is 22.3 Å². The Morgan fingerprint density at radius 3 is 2.55 bits per heavy atom. The van der Waals surface area contributed by atoms with Crippen LogP contribution in [0.5, 0.6) is 0 Å². The fraction of sp³-hybridized carbons (Fsp3) is 0.235. The zero-order valence-corrected chi connectivity index (χ0v) is 13.1. The Hall–Kier alpha value is -2.20. The molecule has 2 aromatic carbocycles. The standard InChI is InChI=1S/C17H18ClN3O/c1-10-8-12(18)3-7-15(10)21-16-6-2-11(9-14(16)19)17(22)20-13-4-5-13/h2-3,6-9,13,21H,4-5,19H2,1H3,(H,20,22). The van der Waals surface area contributed by atoms with Crippen LogP contribution in [-0.4, -0.2) is 11.9 Å². The largest absolute Gasteiger partial charge is 0.397 e. The van der Waals surface area contributed by atoms with Gasteiger partial charge in [-0.05, 0) is 61.7 Å². The fourth-order valence-corrected chi connectivity index (χ4v) is 2.45. The van der Waals surface area contributed by atoms with Crippen LogP contribution in [0.25, 0.3) is 0 Å². The first-order valence-electron chi connectivity index (χ1n) is 7.26. The maximum absolute atomic E-state index is 12.0. The van der Waals surface area contributed by atoms with E-state index in [2.05, 4.69) is 10.6 Å². The molecule has 0 radical (unpaired) electrons. The van der Waals surface area contributed by atoms with Gasteiger partial charge >= 0.3 is 0 Å². The van der Waals surface area contributed by atoms with Crippen molar-refractivity contribution < 1.29 is 4.79 Å². The number of rotatable bonds is 4. The molecule has 4 nitrogen and oxygen atoms in total. The molecule has 0 bridgehead atoms. The number of benzene rings is 2. The quantitative estimate of drug-likeness (QED) is 0.750. The number of nitrogen functional groups attached to an aromatic ring is 1. The van der Waals surface area contributed by atoms with Crippen molar-refractivity contribution >= 4 is 34.6 Å². The van der Waals surface area contributed by atoms with Crippen LogP contribution < -0.4 is 16.4 Å². The highest BCUT2D eigenvalue weighted by molar-refractivity contribution is 6.30. The average Bonchev–Trinajstić information content (AvgIpc) is 3.27. The summed E-state index contributed by atoms with van der Waals surface area (Å²) in [4.78, 5) is 12.0. The summed E-state index contributed by atoms with van der Waals surface area (Å²) in [6, 6.07) is 11.3. The van der Waals surface area contributed by atoms with E-state index in [0.717, 1.165) is 29.8 Å².